The molecule has 2 rings (SSSR count). The van der Waals surface area contributed by atoms with E-state index in [0.29, 0.717) is 11.3 Å². The zero-order valence-corrected chi connectivity index (χ0v) is 11.3. The normalized spacial score (nSPS) is 9.53. The van der Waals surface area contributed by atoms with Crippen molar-refractivity contribution in [2.45, 2.75) is 0 Å². The van der Waals surface area contributed by atoms with Crippen molar-refractivity contribution >= 4 is 33.2 Å². The standard InChI is InChI=1S/C13H9BrN4O/c14-9-6-7-11(12(8-9)17-18-15)13(19)16-10-4-2-1-3-5-10/h1-8H,(H,16,19). The number of azide groups is 1. The first-order valence-electron chi connectivity index (χ1n) is 5.42. The molecular weight excluding hydrogens is 308 g/mol. The highest BCUT2D eigenvalue weighted by Gasteiger charge is 2.11. The van der Waals surface area contributed by atoms with Crippen molar-refractivity contribution in [1.29, 1.82) is 0 Å². The summed E-state index contributed by atoms with van der Waals surface area (Å²) in [6.45, 7) is 0. The maximum Gasteiger partial charge on any atom is 0.256 e. The van der Waals surface area contributed by atoms with Crippen LogP contribution in [0.2, 0.25) is 0 Å². The van der Waals surface area contributed by atoms with Crippen LogP contribution in [0.25, 0.3) is 10.4 Å². The summed E-state index contributed by atoms with van der Waals surface area (Å²) in [6, 6.07) is 14.0. The van der Waals surface area contributed by atoms with Gasteiger partial charge in [0, 0.05) is 20.6 Å². The number of carbonyl (C=O) groups excluding carboxylic acids is 1. The van der Waals surface area contributed by atoms with Gasteiger partial charge in [-0.15, -0.1) is 0 Å². The van der Waals surface area contributed by atoms with E-state index in [1.807, 2.05) is 18.2 Å². The summed E-state index contributed by atoms with van der Waals surface area (Å²) >= 11 is 3.27. The monoisotopic (exact) mass is 316 g/mol. The van der Waals surface area contributed by atoms with Crippen LogP contribution in [0.4, 0.5) is 11.4 Å². The van der Waals surface area contributed by atoms with E-state index in [1.54, 1.807) is 30.3 Å². The molecule has 0 heterocycles. The first-order valence-corrected chi connectivity index (χ1v) is 6.21. The molecule has 2 aromatic carbocycles. The summed E-state index contributed by atoms with van der Waals surface area (Å²) in [7, 11) is 0. The van der Waals surface area contributed by atoms with Crippen LogP contribution >= 0.6 is 15.9 Å². The Balaban J connectivity index is 2.31. The second-order valence-corrected chi connectivity index (χ2v) is 4.59. The van der Waals surface area contributed by atoms with Gasteiger partial charge in [0.25, 0.3) is 5.91 Å². The summed E-state index contributed by atoms with van der Waals surface area (Å²) in [5.74, 6) is -0.318. The molecule has 0 aliphatic rings. The first kappa shape index (κ1) is 13.1. The van der Waals surface area contributed by atoms with Crippen molar-refractivity contribution in [3.63, 3.8) is 0 Å². The second kappa shape index (κ2) is 6.04. The fourth-order valence-electron chi connectivity index (χ4n) is 1.55. The van der Waals surface area contributed by atoms with E-state index >= 15 is 0 Å². The topological polar surface area (TPSA) is 77.9 Å². The van der Waals surface area contributed by atoms with E-state index in [-0.39, 0.29) is 11.6 Å². The third-order valence-corrected chi connectivity index (χ3v) is 2.88. The van der Waals surface area contributed by atoms with E-state index in [0.717, 1.165) is 4.47 Å². The maximum atomic E-state index is 12.1. The minimum Gasteiger partial charge on any atom is -0.322 e. The lowest BCUT2D eigenvalue weighted by molar-refractivity contribution is 0.102. The van der Waals surface area contributed by atoms with Gasteiger partial charge in [-0.3, -0.25) is 4.79 Å². The number of nitrogens with one attached hydrogen (secondary N) is 1. The number of amides is 1. The minimum atomic E-state index is -0.318. The van der Waals surface area contributed by atoms with Gasteiger partial charge >= 0.3 is 0 Å². The summed E-state index contributed by atoms with van der Waals surface area (Å²) in [6.07, 6.45) is 0. The molecular formula is C13H9BrN4O. The molecule has 19 heavy (non-hydrogen) atoms. The Morgan fingerprint density at radius 1 is 1.21 bits per heavy atom. The molecule has 94 valence electrons. The largest absolute Gasteiger partial charge is 0.322 e. The highest BCUT2D eigenvalue weighted by molar-refractivity contribution is 9.10. The number of anilines is 1. The minimum absolute atomic E-state index is 0.283. The molecule has 5 nitrogen and oxygen atoms in total. The molecule has 0 aliphatic heterocycles. The highest BCUT2D eigenvalue weighted by Crippen LogP contribution is 2.25. The van der Waals surface area contributed by atoms with Crippen LogP contribution in [0.15, 0.2) is 58.1 Å². The van der Waals surface area contributed by atoms with E-state index in [4.69, 9.17) is 5.53 Å². The average Bonchev–Trinajstić information content (AvgIpc) is 2.40. The van der Waals surface area contributed by atoms with Crippen LogP contribution in [0.3, 0.4) is 0 Å². The summed E-state index contributed by atoms with van der Waals surface area (Å²) in [5, 5.41) is 6.26. The van der Waals surface area contributed by atoms with Gasteiger partial charge in [0.05, 0.1) is 5.69 Å². The van der Waals surface area contributed by atoms with E-state index < -0.39 is 0 Å². The molecule has 0 radical (unpaired) electrons. The van der Waals surface area contributed by atoms with Crippen LogP contribution in [-0.2, 0) is 0 Å². The molecule has 1 N–H and O–H groups in total. The molecule has 0 spiro atoms. The molecule has 0 aliphatic carbocycles. The van der Waals surface area contributed by atoms with Crippen molar-refractivity contribution in [2.24, 2.45) is 5.11 Å². The van der Waals surface area contributed by atoms with Crippen molar-refractivity contribution in [1.82, 2.24) is 0 Å². The predicted octanol–water partition coefficient (Wildman–Crippen LogP) is 4.64. The van der Waals surface area contributed by atoms with E-state index in [9.17, 15) is 4.79 Å². The van der Waals surface area contributed by atoms with Gasteiger partial charge in [-0.1, -0.05) is 39.2 Å². The second-order valence-electron chi connectivity index (χ2n) is 3.67. The van der Waals surface area contributed by atoms with Crippen LogP contribution in [0, 0.1) is 0 Å². The van der Waals surface area contributed by atoms with Gasteiger partial charge in [0.1, 0.15) is 0 Å². The lowest BCUT2D eigenvalue weighted by atomic mass is 10.1. The first-order chi connectivity index (χ1) is 9.20. The highest BCUT2D eigenvalue weighted by atomic mass is 79.9. The number of benzene rings is 2. The van der Waals surface area contributed by atoms with Crippen LogP contribution in [-0.4, -0.2) is 5.91 Å². The van der Waals surface area contributed by atoms with E-state index in [2.05, 4.69) is 31.3 Å². The van der Waals surface area contributed by atoms with Crippen LogP contribution in [0.5, 0.6) is 0 Å². The number of para-hydroxylation sites is 1. The summed E-state index contributed by atoms with van der Waals surface area (Å²) in [5.41, 5.74) is 9.81. The Kier molecular flexibility index (Phi) is 4.18. The quantitative estimate of drug-likeness (QED) is 0.499. The van der Waals surface area contributed by atoms with Crippen LogP contribution < -0.4 is 5.32 Å². The molecule has 1 amide bonds. The summed E-state index contributed by atoms with van der Waals surface area (Å²) < 4.78 is 0.742. The lowest BCUT2D eigenvalue weighted by Gasteiger charge is -2.07. The SMILES string of the molecule is [N-]=[N+]=Nc1cc(Br)ccc1C(=O)Nc1ccccc1. The molecule has 0 bridgehead atoms. The molecule has 0 saturated carbocycles. The van der Waals surface area contributed by atoms with Gasteiger partial charge < -0.3 is 5.32 Å². The van der Waals surface area contributed by atoms with Crippen molar-refractivity contribution in [3.8, 4) is 0 Å². The Bertz CT molecular complexity index is 651. The van der Waals surface area contributed by atoms with Gasteiger partial charge in [-0.05, 0) is 35.9 Å². The third-order valence-electron chi connectivity index (χ3n) is 2.39. The Morgan fingerprint density at radius 3 is 2.63 bits per heavy atom. The number of halogens is 1. The predicted molar refractivity (Wildman–Crippen MR) is 77.3 cm³/mol. The smallest absolute Gasteiger partial charge is 0.256 e. The van der Waals surface area contributed by atoms with Gasteiger partial charge in [0.2, 0.25) is 0 Å². The molecule has 0 unspecified atom stereocenters. The van der Waals surface area contributed by atoms with Crippen molar-refractivity contribution in [3.05, 3.63) is 69.0 Å². The molecule has 0 saturated heterocycles. The van der Waals surface area contributed by atoms with E-state index in [1.165, 1.54) is 0 Å². The maximum absolute atomic E-state index is 12.1. The summed E-state index contributed by atoms with van der Waals surface area (Å²) in [4.78, 5) is 14.8. The Labute approximate surface area is 118 Å². The van der Waals surface area contributed by atoms with Crippen LogP contribution in [0.1, 0.15) is 10.4 Å². The fraction of sp³-hybridized carbons (Fsp3) is 0. The Hall–Kier alpha value is -2.30. The molecule has 0 aromatic heterocycles. The Morgan fingerprint density at radius 2 is 1.95 bits per heavy atom. The lowest BCUT2D eigenvalue weighted by Crippen LogP contribution is -2.11. The number of nitrogens with zero attached hydrogens (tertiary/aromatic N) is 3. The number of hydrogen-bond acceptors (Lipinski definition) is 2. The average molecular weight is 317 g/mol. The molecule has 6 heteroatoms. The van der Waals surface area contributed by atoms with Gasteiger partial charge in [-0.25, -0.2) is 0 Å². The zero-order valence-electron chi connectivity index (χ0n) is 9.75. The third kappa shape index (κ3) is 3.34. The molecule has 0 fully saturated rings. The number of hydrogen-bond donors (Lipinski definition) is 1. The molecule has 2 aromatic rings. The van der Waals surface area contributed by atoms with Crippen molar-refractivity contribution in [2.75, 3.05) is 5.32 Å². The fourth-order valence-corrected chi connectivity index (χ4v) is 1.90. The van der Waals surface area contributed by atoms with Gasteiger partial charge in [0.15, 0.2) is 0 Å². The van der Waals surface area contributed by atoms with Crippen molar-refractivity contribution < 1.29 is 4.79 Å². The molecule has 0 atom stereocenters. The number of carbonyl (C=O) groups is 1. The zero-order chi connectivity index (χ0) is 13.7. The number of rotatable bonds is 3. The van der Waals surface area contributed by atoms with Gasteiger partial charge in [-0.2, -0.15) is 0 Å².